The highest BCUT2D eigenvalue weighted by molar-refractivity contribution is 5.97. The van der Waals surface area contributed by atoms with Crippen molar-refractivity contribution in [3.63, 3.8) is 0 Å². The Hall–Kier alpha value is -2.63. The van der Waals surface area contributed by atoms with Gasteiger partial charge in [-0.05, 0) is 18.9 Å². The quantitative estimate of drug-likeness (QED) is 0.672. The summed E-state index contributed by atoms with van der Waals surface area (Å²) < 4.78 is 9.72. The number of aromatic nitrogens is 1. The summed E-state index contributed by atoms with van der Waals surface area (Å²) >= 11 is 0. The van der Waals surface area contributed by atoms with E-state index in [2.05, 4.69) is 21.4 Å². The van der Waals surface area contributed by atoms with Gasteiger partial charge in [0.25, 0.3) is 0 Å². The van der Waals surface area contributed by atoms with Crippen LogP contribution in [0.2, 0.25) is 0 Å². The van der Waals surface area contributed by atoms with Crippen molar-refractivity contribution >= 4 is 29.3 Å². The Labute approximate surface area is 108 Å². The van der Waals surface area contributed by atoms with Crippen LogP contribution >= 0.6 is 0 Å². The molecule has 0 amide bonds. The summed E-state index contributed by atoms with van der Waals surface area (Å²) in [6, 6.07) is 4.44. The van der Waals surface area contributed by atoms with E-state index >= 15 is 0 Å². The zero-order chi connectivity index (χ0) is 14.0. The summed E-state index contributed by atoms with van der Waals surface area (Å²) in [5.41, 5.74) is 0.551. The van der Waals surface area contributed by atoms with Crippen LogP contribution in [-0.4, -0.2) is 31.9 Å². The Morgan fingerprint density at radius 3 is 2.68 bits per heavy atom. The molecule has 0 unspecified atom stereocenters. The van der Waals surface area contributed by atoms with Gasteiger partial charge in [0.1, 0.15) is 11.4 Å². The number of nitrogens with one attached hydrogen (secondary N) is 1. The van der Waals surface area contributed by atoms with Crippen molar-refractivity contribution in [2.24, 2.45) is 4.99 Å². The third-order valence-electron chi connectivity index (χ3n) is 2.72. The van der Waals surface area contributed by atoms with Gasteiger partial charge in [-0.2, -0.15) is 0 Å². The highest BCUT2D eigenvalue weighted by atomic mass is 16.5. The largest absolute Gasteiger partial charge is 0.496 e. The lowest BCUT2D eigenvalue weighted by molar-refractivity contribution is 0.0594. The summed E-state index contributed by atoms with van der Waals surface area (Å²) in [5.74, 6) is -0.225. The molecule has 2 aromatic rings. The normalized spacial score (nSPS) is 10.2. The molecule has 0 saturated heterocycles. The molecule has 98 valence electrons. The third-order valence-corrected chi connectivity index (χ3v) is 2.72. The standard InChI is InChI=1S/C13H12N2O4/c1-14-7-4-5-10(18-2)11-9(16)6-8(13(17)19-3)15-12(7)11/h4-6H,1H2,2-3H3,(H,15,16). The Morgan fingerprint density at radius 2 is 2.11 bits per heavy atom. The molecular weight excluding hydrogens is 248 g/mol. The second kappa shape index (κ2) is 4.93. The highest BCUT2D eigenvalue weighted by Gasteiger charge is 2.14. The Kier molecular flexibility index (Phi) is 3.33. The molecule has 0 bridgehead atoms. The number of carbonyl (C=O) groups excluding carboxylic acids is 1. The van der Waals surface area contributed by atoms with E-state index in [4.69, 9.17) is 4.74 Å². The maximum absolute atomic E-state index is 12.1. The Morgan fingerprint density at radius 1 is 1.37 bits per heavy atom. The molecule has 0 aliphatic heterocycles. The highest BCUT2D eigenvalue weighted by Crippen LogP contribution is 2.29. The average Bonchev–Trinajstić information content (AvgIpc) is 2.44. The fourth-order valence-corrected chi connectivity index (χ4v) is 1.84. The number of ether oxygens (including phenoxy) is 2. The maximum Gasteiger partial charge on any atom is 0.354 e. The number of H-pyrrole nitrogens is 1. The van der Waals surface area contributed by atoms with E-state index in [1.54, 1.807) is 12.1 Å². The van der Waals surface area contributed by atoms with Crippen LogP contribution in [0.5, 0.6) is 5.75 Å². The molecule has 19 heavy (non-hydrogen) atoms. The molecule has 1 aromatic carbocycles. The minimum absolute atomic E-state index is 0.0538. The van der Waals surface area contributed by atoms with Gasteiger partial charge in [-0.1, -0.05) is 0 Å². The summed E-state index contributed by atoms with van der Waals surface area (Å²) in [5, 5.41) is 0.319. The predicted octanol–water partition coefficient (Wildman–Crippen LogP) is 1.66. The Bertz CT molecular complexity index is 718. The molecule has 0 fully saturated rings. The van der Waals surface area contributed by atoms with Gasteiger partial charge in [-0.15, -0.1) is 0 Å². The van der Waals surface area contributed by atoms with Crippen LogP contribution in [0.25, 0.3) is 10.9 Å². The second-order valence-corrected chi connectivity index (χ2v) is 3.73. The van der Waals surface area contributed by atoms with Crippen molar-refractivity contribution in [1.82, 2.24) is 4.98 Å². The monoisotopic (exact) mass is 260 g/mol. The van der Waals surface area contributed by atoms with Gasteiger partial charge >= 0.3 is 5.97 Å². The van der Waals surface area contributed by atoms with Crippen LogP contribution in [-0.2, 0) is 4.74 Å². The number of aromatic amines is 1. The van der Waals surface area contributed by atoms with Gasteiger partial charge in [0.2, 0.25) is 0 Å². The molecule has 2 rings (SSSR count). The molecule has 0 aliphatic rings. The summed E-state index contributed by atoms with van der Waals surface area (Å²) in [6.45, 7) is 3.43. The van der Waals surface area contributed by atoms with Crippen LogP contribution in [0.4, 0.5) is 5.69 Å². The van der Waals surface area contributed by atoms with E-state index in [0.29, 0.717) is 22.3 Å². The fourth-order valence-electron chi connectivity index (χ4n) is 1.84. The van der Waals surface area contributed by atoms with Gasteiger partial charge in [0, 0.05) is 6.07 Å². The average molecular weight is 260 g/mol. The molecule has 1 heterocycles. The van der Waals surface area contributed by atoms with Crippen molar-refractivity contribution in [1.29, 1.82) is 0 Å². The smallest absolute Gasteiger partial charge is 0.354 e. The molecule has 0 aliphatic carbocycles. The van der Waals surface area contributed by atoms with E-state index in [1.807, 2.05) is 0 Å². The first kappa shape index (κ1) is 12.8. The molecule has 0 atom stereocenters. The van der Waals surface area contributed by atoms with E-state index < -0.39 is 5.97 Å². The number of rotatable bonds is 3. The van der Waals surface area contributed by atoms with E-state index in [1.165, 1.54) is 20.3 Å². The van der Waals surface area contributed by atoms with E-state index in [9.17, 15) is 9.59 Å². The zero-order valence-electron chi connectivity index (χ0n) is 10.5. The number of hydrogen-bond donors (Lipinski definition) is 1. The molecule has 0 spiro atoms. The SMILES string of the molecule is C=Nc1ccc(OC)c2c(=O)cc(C(=O)OC)[nH]c12. The first-order valence-electron chi connectivity index (χ1n) is 5.41. The Balaban J connectivity index is 2.89. The lowest BCUT2D eigenvalue weighted by atomic mass is 10.1. The van der Waals surface area contributed by atoms with Crippen molar-refractivity contribution in [2.45, 2.75) is 0 Å². The topological polar surface area (TPSA) is 80.8 Å². The number of benzene rings is 1. The molecule has 6 nitrogen and oxygen atoms in total. The molecule has 1 aromatic heterocycles. The van der Waals surface area contributed by atoms with Crippen molar-refractivity contribution in [2.75, 3.05) is 14.2 Å². The first-order valence-corrected chi connectivity index (χ1v) is 5.41. The second-order valence-electron chi connectivity index (χ2n) is 3.73. The maximum atomic E-state index is 12.1. The number of pyridine rings is 1. The molecule has 6 heteroatoms. The lowest BCUT2D eigenvalue weighted by Gasteiger charge is -2.08. The van der Waals surface area contributed by atoms with Crippen molar-refractivity contribution in [3.05, 3.63) is 34.1 Å². The van der Waals surface area contributed by atoms with Crippen LogP contribution in [0.15, 0.2) is 28.0 Å². The van der Waals surface area contributed by atoms with E-state index in [-0.39, 0.29) is 11.1 Å². The van der Waals surface area contributed by atoms with E-state index in [0.717, 1.165) is 0 Å². The molecule has 1 N–H and O–H groups in total. The van der Waals surface area contributed by atoms with Crippen LogP contribution < -0.4 is 10.2 Å². The number of methoxy groups -OCH3 is 2. The molecule has 0 radical (unpaired) electrons. The molecular formula is C13H12N2O4. The third kappa shape index (κ3) is 2.08. The molecule has 0 saturated carbocycles. The number of carbonyl (C=O) groups is 1. The van der Waals surface area contributed by atoms with Gasteiger partial charge in [-0.25, -0.2) is 4.79 Å². The fraction of sp³-hybridized carbons (Fsp3) is 0.154. The zero-order valence-corrected chi connectivity index (χ0v) is 10.5. The van der Waals surface area contributed by atoms with Gasteiger partial charge in [-0.3, -0.25) is 9.79 Å². The first-order chi connectivity index (χ1) is 9.12. The van der Waals surface area contributed by atoms with Crippen LogP contribution in [0.1, 0.15) is 10.5 Å². The minimum atomic E-state index is -0.628. The van der Waals surface area contributed by atoms with Crippen LogP contribution in [0, 0.1) is 0 Å². The van der Waals surface area contributed by atoms with Crippen molar-refractivity contribution < 1.29 is 14.3 Å². The summed E-state index contributed by atoms with van der Waals surface area (Å²) in [4.78, 5) is 30.2. The van der Waals surface area contributed by atoms with Crippen LogP contribution in [0.3, 0.4) is 0 Å². The van der Waals surface area contributed by atoms with Crippen molar-refractivity contribution in [3.8, 4) is 5.75 Å². The summed E-state index contributed by atoms with van der Waals surface area (Å²) in [7, 11) is 2.70. The van der Waals surface area contributed by atoms with Gasteiger partial charge in [0.05, 0.1) is 30.8 Å². The summed E-state index contributed by atoms with van der Waals surface area (Å²) in [6.07, 6.45) is 0. The minimum Gasteiger partial charge on any atom is -0.496 e. The lowest BCUT2D eigenvalue weighted by Crippen LogP contribution is -2.12. The number of fused-ring (bicyclic) bond motifs is 1. The van der Waals surface area contributed by atoms with Gasteiger partial charge < -0.3 is 14.5 Å². The number of esters is 1. The number of nitrogens with zero attached hydrogens (tertiary/aromatic N) is 1. The predicted molar refractivity (Wildman–Crippen MR) is 71.7 cm³/mol. The van der Waals surface area contributed by atoms with Gasteiger partial charge in [0.15, 0.2) is 5.43 Å². The number of hydrogen-bond acceptors (Lipinski definition) is 5. The number of aliphatic imine (C=N–C) groups is 1.